The van der Waals surface area contributed by atoms with Crippen molar-refractivity contribution in [2.24, 2.45) is 16.7 Å². The SMILES string of the molecule is CCC(C)C(=O)OCC(=O)[C@]1(C)CC=CC1(C)C. The Morgan fingerprint density at radius 1 is 1.33 bits per heavy atom. The Labute approximate surface area is 110 Å². The number of hydrogen-bond donors (Lipinski definition) is 0. The van der Waals surface area contributed by atoms with Crippen LogP contribution in [0.4, 0.5) is 0 Å². The second-order valence-electron chi connectivity index (χ2n) is 6.00. The van der Waals surface area contributed by atoms with Gasteiger partial charge in [0.15, 0.2) is 12.4 Å². The third-order valence-electron chi connectivity index (χ3n) is 4.46. The zero-order valence-electron chi connectivity index (χ0n) is 12.1. The highest BCUT2D eigenvalue weighted by Gasteiger charge is 2.47. The largest absolute Gasteiger partial charge is 0.457 e. The van der Waals surface area contributed by atoms with E-state index >= 15 is 0 Å². The molecular weight excluding hydrogens is 228 g/mol. The highest BCUT2D eigenvalue weighted by atomic mass is 16.5. The molecule has 0 aliphatic heterocycles. The van der Waals surface area contributed by atoms with Gasteiger partial charge in [-0.1, -0.05) is 46.8 Å². The summed E-state index contributed by atoms with van der Waals surface area (Å²) in [6.07, 6.45) is 5.56. The lowest BCUT2D eigenvalue weighted by Gasteiger charge is -2.36. The molecule has 0 amide bonds. The fraction of sp³-hybridized carbons (Fsp3) is 0.733. The fourth-order valence-corrected chi connectivity index (χ4v) is 2.11. The maximum atomic E-state index is 12.3. The molecule has 0 fully saturated rings. The lowest BCUT2D eigenvalue weighted by Crippen LogP contribution is -2.40. The molecule has 0 N–H and O–H groups in total. The van der Waals surface area contributed by atoms with Crippen LogP contribution >= 0.6 is 0 Å². The van der Waals surface area contributed by atoms with Gasteiger partial charge >= 0.3 is 5.97 Å². The molecule has 102 valence electrons. The molecule has 0 saturated heterocycles. The summed E-state index contributed by atoms with van der Waals surface area (Å²) in [4.78, 5) is 23.8. The van der Waals surface area contributed by atoms with E-state index in [1.165, 1.54) is 0 Å². The molecule has 0 spiro atoms. The van der Waals surface area contributed by atoms with E-state index in [1.54, 1.807) is 0 Å². The third kappa shape index (κ3) is 2.65. The van der Waals surface area contributed by atoms with Gasteiger partial charge in [-0.25, -0.2) is 0 Å². The number of allylic oxidation sites excluding steroid dienone is 2. The zero-order valence-corrected chi connectivity index (χ0v) is 12.1. The number of ketones is 1. The maximum Gasteiger partial charge on any atom is 0.309 e. The Morgan fingerprint density at radius 2 is 1.94 bits per heavy atom. The Bertz CT molecular complexity index is 368. The first-order chi connectivity index (χ1) is 8.24. The summed E-state index contributed by atoms with van der Waals surface area (Å²) in [6.45, 7) is 9.68. The molecule has 1 rings (SSSR count). The molecule has 0 aromatic heterocycles. The van der Waals surface area contributed by atoms with Gasteiger partial charge in [0.25, 0.3) is 0 Å². The smallest absolute Gasteiger partial charge is 0.309 e. The summed E-state index contributed by atoms with van der Waals surface area (Å²) < 4.78 is 5.11. The second-order valence-corrected chi connectivity index (χ2v) is 6.00. The zero-order chi connectivity index (χ0) is 14.0. The summed E-state index contributed by atoms with van der Waals surface area (Å²) in [5.41, 5.74) is -0.629. The fourth-order valence-electron chi connectivity index (χ4n) is 2.11. The van der Waals surface area contributed by atoms with E-state index in [9.17, 15) is 9.59 Å². The van der Waals surface area contributed by atoms with Crippen molar-refractivity contribution in [3.63, 3.8) is 0 Å². The van der Waals surface area contributed by atoms with E-state index in [-0.39, 0.29) is 29.7 Å². The second kappa shape index (κ2) is 5.25. The molecule has 1 aliphatic rings. The highest BCUT2D eigenvalue weighted by Crippen LogP contribution is 2.48. The number of carbonyl (C=O) groups is 2. The molecule has 0 heterocycles. The molecule has 0 aromatic rings. The van der Waals surface area contributed by atoms with Crippen molar-refractivity contribution in [2.75, 3.05) is 6.61 Å². The molecule has 3 heteroatoms. The molecule has 1 aliphatic carbocycles. The van der Waals surface area contributed by atoms with Crippen LogP contribution in [0.3, 0.4) is 0 Å². The average molecular weight is 252 g/mol. The predicted molar refractivity (Wildman–Crippen MR) is 71.1 cm³/mol. The van der Waals surface area contributed by atoms with Crippen LogP contribution in [0.5, 0.6) is 0 Å². The van der Waals surface area contributed by atoms with Crippen LogP contribution in [0.1, 0.15) is 47.5 Å². The Balaban J connectivity index is 2.60. The maximum absolute atomic E-state index is 12.3. The van der Waals surface area contributed by atoms with Crippen molar-refractivity contribution in [1.29, 1.82) is 0 Å². The highest BCUT2D eigenvalue weighted by molar-refractivity contribution is 5.89. The van der Waals surface area contributed by atoms with E-state index in [2.05, 4.69) is 6.08 Å². The van der Waals surface area contributed by atoms with Crippen LogP contribution in [0.15, 0.2) is 12.2 Å². The Morgan fingerprint density at radius 3 is 2.39 bits per heavy atom. The first-order valence-electron chi connectivity index (χ1n) is 6.62. The van der Waals surface area contributed by atoms with Crippen molar-refractivity contribution in [3.8, 4) is 0 Å². The molecule has 18 heavy (non-hydrogen) atoms. The van der Waals surface area contributed by atoms with Gasteiger partial charge in [0.1, 0.15) is 0 Å². The minimum absolute atomic E-state index is 0.00848. The van der Waals surface area contributed by atoms with Crippen LogP contribution in [0.25, 0.3) is 0 Å². The van der Waals surface area contributed by atoms with Gasteiger partial charge in [-0.2, -0.15) is 0 Å². The average Bonchev–Trinajstić information content (AvgIpc) is 2.60. The molecule has 0 saturated carbocycles. The van der Waals surface area contributed by atoms with Gasteiger partial charge in [-0.3, -0.25) is 9.59 Å². The van der Waals surface area contributed by atoms with E-state index in [0.717, 1.165) is 12.8 Å². The number of esters is 1. The summed E-state index contributed by atoms with van der Waals surface area (Å²) in [7, 11) is 0. The summed E-state index contributed by atoms with van der Waals surface area (Å²) in [6, 6.07) is 0. The van der Waals surface area contributed by atoms with Crippen LogP contribution in [-0.4, -0.2) is 18.4 Å². The van der Waals surface area contributed by atoms with Gasteiger partial charge in [0, 0.05) is 5.41 Å². The number of rotatable bonds is 5. The van der Waals surface area contributed by atoms with Crippen molar-refractivity contribution in [3.05, 3.63) is 12.2 Å². The molecule has 0 radical (unpaired) electrons. The quantitative estimate of drug-likeness (QED) is 0.557. The van der Waals surface area contributed by atoms with E-state index < -0.39 is 5.41 Å². The summed E-state index contributed by atoms with van der Waals surface area (Å²) in [5, 5.41) is 0. The topological polar surface area (TPSA) is 43.4 Å². The first-order valence-corrected chi connectivity index (χ1v) is 6.62. The van der Waals surface area contributed by atoms with Crippen molar-refractivity contribution < 1.29 is 14.3 Å². The monoisotopic (exact) mass is 252 g/mol. The lowest BCUT2D eigenvalue weighted by atomic mass is 9.66. The van der Waals surface area contributed by atoms with E-state index in [1.807, 2.05) is 40.7 Å². The van der Waals surface area contributed by atoms with Crippen LogP contribution in [-0.2, 0) is 14.3 Å². The lowest BCUT2D eigenvalue weighted by molar-refractivity contribution is -0.155. The number of hydrogen-bond acceptors (Lipinski definition) is 3. The molecule has 3 nitrogen and oxygen atoms in total. The van der Waals surface area contributed by atoms with E-state index in [4.69, 9.17) is 4.74 Å². The number of Topliss-reactive ketones (excluding diaryl/α,β-unsaturated/α-hetero) is 1. The van der Waals surface area contributed by atoms with Gasteiger partial charge in [-0.15, -0.1) is 0 Å². The number of carbonyl (C=O) groups excluding carboxylic acids is 2. The van der Waals surface area contributed by atoms with Gasteiger partial charge < -0.3 is 4.74 Å². The van der Waals surface area contributed by atoms with Crippen molar-refractivity contribution in [2.45, 2.75) is 47.5 Å². The van der Waals surface area contributed by atoms with Crippen molar-refractivity contribution >= 4 is 11.8 Å². The normalized spacial score (nSPS) is 26.9. The van der Waals surface area contributed by atoms with E-state index in [0.29, 0.717) is 0 Å². The van der Waals surface area contributed by atoms with Crippen LogP contribution < -0.4 is 0 Å². The number of ether oxygens (including phenoxy) is 1. The molecule has 0 aromatic carbocycles. The minimum Gasteiger partial charge on any atom is -0.457 e. The van der Waals surface area contributed by atoms with Crippen LogP contribution in [0, 0.1) is 16.7 Å². The molecule has 0 bridgehead atoms. The molecule has 1 unspecified atom stereocenters. The standard InChI is InChI=1S/C15H24O3/c1-6-11(2)13(17)18-10-12(16)15(5)9-7-8-14(15,3)4/h7-8,11H,6,9-10H2,1-5H3/t11?,15-/m0/s1. The minimum atomic E-state index is -0.456. The Kier molecular flexibility index (Phi) is 4.36. The summed E-state index contributed by atoms with van der Waals surface area (Å²) in [5.74, 6) is -0.410. The molecular formula is C15H24O3. The van der Waals surface area contributed by atoms with Crippen molar-refractivity contribution in [1.82, 2.24) is 0 Å². The predicted octanol–water partition coefficient (Wildman–Crippen LogP) is 3.14. The van der Waals surface area contributed by atoms with Gasteiger partial charge in [-0.05, 0) is 18.3 Å². The summed E-state index contributed by atoms with van der Waals surface area (Å²) >= 11 is 0. The van der Waals surface area contributed by atoms with Gasteiger partial charge in [0.2, 0.25) is 0 Å². The molecule has 2 atom stereocenters. The van der Waals surface area contributed by atoms with Crippen LogP contribution in [0.2, 0.25) is 0 Å². The third-order valence-corrected chi connectivity index (χ3v) is 4.46. The first kappa shape index (κ1) is 14.9. The Hall–Kier alpha value is -1.12. The van der Waals surface area contributed by atoms with Gasteiger partial charge in [0.05, 0.1) is 5.92 Å².